The van der Waals surface area contributed by atoms with Crippen LogP contribution in [0.3, 0.4) is 0 Å². The van der Waals surface area contributed by atoms with Crippen molar-refractivity contribution in [2.75, 3.05) is 26.7 Å². The van der Waals surface area contributed by atoms with Crippen LogP contribution in [0.2, 0.25) is 0 Å². The Morgan fingerprint density at radius 1 is 1.14 bits per heavy atom. The second-order valence-electron chi connectivity index (χ2n) is 5.11. The highest BCUT2D eigenvalue weighted by atomic mass is 16.4. The first-order valence-corrected chi connectivity index (χ1v) is 7.48. The Morgan fingerprint density at radius 3 is 2.45 bits per heavy atom. The molecule has 0 saturated heterocycles. The van der Waals surface area contributed by atoms with Gasteiger partial charge in [0.05, 0.1) is 13.1 Å². The van der Waals surface area contributed by atoms with Crippen molar-refractivity contribution >= 4 is 5.91 Å². The lowest BCUT2D eigenvalue weighted by molar-refractivity contribution is -0.131. The molecule has 0 bridgehead atoms. The van der Waals surface area contributed by atoms with E-state index in [2.05, 4.69) is 10.2 Å². The van der Waals surface area contributed by atoms with Crippen molar-refractivity contribution in [3.8, 4) is 11.5 Å². The number of likely N-dealkylation sites (N-methyl/N-ethyl adjacent to an activating group) is 2. The van der Waals surface area contributed by atoms with Crippen LogP contribution in [0.25, 0.3) is 11.5 Å². The number of aromatic nitrogens is 2. The normalized spacial score (nSPS) is 10.9. The minimum atomic E-state index is 0.107. The van der Waals surface area contributed by atoms with Crippen molar-refractivity contribution < 1.29 is 9.21 Å². The predicted molar refractivity (Wildman–Crippen MR) is 84.0 cm³/mol. The van der Waals surface area contributed by atoms with E-state index >= 15 is 0 Å². The zero-order valence-corrected chi connectivity index (χ0v) is 13.3. The summed E-state index contributed by atoms with van der Waals surface area (Å²) in [5.41, 5.74) is 0.892. The summed E-state index contributed by atoms with van der Waals surface area (Å²) in [5, 5.41) is 8.09. The maximum Gasteiger partial charge on any atom is 0.247 e. The Morgan fingerprint density at radius 2 is 1.82 bits per heavy atom. The Bertz CT molecular complexity index is 593. The number of amides is 1. The van der Waals surface area contributed by atoms with Crippen LogP contribution in [0.15, 0.2) is 34.7 Å². The van der Waals surface area contributed by atoms with Gasteiger partial charge in [-0.2, -0.15) is 0 Å². The molecule has 0 aliphatic rings. The van der Waals surface area contributed by atoms with Gasteiger partial charge >= 0.3 is 0 Å². The molecule has 1 heterocycles. The first-order chi connectivity index (χ1) is 10.6. The summed E-state index contributed by atoms with van der Waals surface area (Å²) < 4.78 is 5.65. The van der Waals surface area contributed by atoms with E-state index in [0.29, 0.717) is 24.9 Å². The van der Waals surface area contributed by atoms with E-state index in [0.717, 1.165) is 18.7 Å². The van der Waals surface area contributed by atoms with E-state index < -0.39 is 0 Å². The number of benzene rings is 1. The van der Waals surface area contributed by atoms with Gasteiger partial charge in [0, 0.05) is 18.7 Å². The molecule has 2 aromatic rings. The van der Waals surface area contributed by atoms with Crippen molar-refractivity contribution in [1.29, 1.82) is 0 Å². The highest BCUT2D eigenvalue weighted by Crippen LogP contribution is 2.17. The molecule has 0 spiro atoms. The average Bonchev–Trinajstić information content (AvgIpc) is 2.97. The first kappa shape index (κ1) is 16.2. The molecular formula is C16H22N4O2. The first-order valence-electron chi connectivity index (χ1n) is 7.48. The van der Waals surface area contributed by atoms with E-state index in [4.69, 9.17) is 4.42 Å². The van der Waals surface area contributed by atoms with Crippen LogP contribution in [0.5, 0.6) is 0 Å². The third-order valence-electron chi connectivity index (χ3n) is 3.41. The summed E-state index contributed by atoms with van der Waals surface area (Å²) in [6.45, 7) is 6.19. The van der Waals surface area contributed by atoms with Crippen LogP contribution in [-0.2, 0) is 11.3 Å². The lowest BCUT2D eigenvalue weighted by Crippen LogP contribution is -2.38. The molecule has 0 aliphatic heterocycles. The Kier molecular flexibility index (Phi) is 5.66. The molecule has 1 aromatic carbocycles. The van der Waals surface area contributed by atoms with E-state index in [1.807, 2.05) is 56.1 Å². The molecule has 118 valence electrons. The highest BCUT2D eigenvalue weighted by Gasteiger charge is 2.15. The van der Waals surface area contributed by atoms with Gasteiger partial charge in [-0.05, 0) is 33.0 Å². The molecule has 1 aromatic heterocycles. The molecule has 2 rings (SSSR count). The monoisotopic (exact) mass is 302 g/mol. The molecule has 6 nitrogen and oxygen atoms in total. The van der Waals surface area contributed by atoms with E-state index in [9.17, 15) is 4.79 Å². The molecule has 0 fully saturated rings. The van der Waals surface area contributed by atoms with Crippen LogP contribution in [0.4, 0.5) is 0 Å². The summed E-state index contributed by atoms with van der Waals surface area (Å²) in [6, 6.07) is 9.63. The predicted octanol–water partition coefficient (Wildman–Crippen LogP) is 2.04. The van der Waals surface area contributed by atoms with Gasteiger partial charge in [0.25, 0.3) is 0 Å². The highest BCUT2D eigenvalue weighted by molar-refractivity contribution is 5.78. The molecule has 22 heavy (non-hydrogen) atoms. The zero-order valence-electron chi connectivity index (χ0n) is 13.3. The summed E-state index contributed by atoms with van der Waals surface area (Å²) in [6.07, 6.45) is 0. The largest absolute Gasteiger partial charge is 0.419 e. The Labute approximate surface area is 130 Å². The topological polar surface area (TPSA) is 62.5 Å². The van der Waals surface area contributed by atoms with Crippen LogP contribution >= 0.6 is 0 Å². The van der Waals surface area contributed by atoms with Crippen LogP contribution in [0, 0.1) is 0 Å². The number of hydrogen-bond donors (Lipinski definition) is 0. The van der Waals surface area contributed by atoms with Crippen molar-refractivity contribution in [3.63, 3.8) is 0 Å². The molecule has 0 unspecified atom stereocenters. The Balaban J connectivity index is 1.94. The number of nitrogens with zero attached hydrogens (tertiary/aromatic N) is 4. The maximum absolute atomic E-state index is 12.1. The number of rotatable bonds is 7. The molecule has 0 saturated carbocycles. The lowest BCUT2D eigenvalue weighted by Gasteiger charge is -2.22. The van der Waals surface area contributed by atoms with Gasteiger partial charge in [0.15, 0.2) is 0 Å². The second-order valence-corrected chi connectivity index (χ2v) is 5.11. The third kappa shape index (κ3) is 4.14. The molecule has 1 amide bonds. The fourth-order valence-electron chi connectivity index (χ4n) is 2.21. The second kappa shape index (κ2) is 7.70. The molecule has 0 atom stereocenters. The number of carbonyl (C=O) groups excluding carboxylic acids is 1. The standard InChI is InChI=1S/C16H22N4O2/c1-4-20(5-2)15(21)12-19(3)11-14-17-18-16(22-14)13-9-7-6-8-10-13/h6-10H,4-5,11-12H2,1-3H3. The van der Waals surface area contributed by atoms with Crippen molar-refractivity contribution in [1.82, 2.24) is 20.0 Å². The summed E-state index contributed by atoms with van der Waals surface area (Å²) >= 11 is 0. The van der Waals surface area contributed by atoms with Crippen molar-refractivity contribution in [2.24, 2.45) is 0 Å². The number of hydrogen-bond acceptors (Lipinski definition) is 5. The molecule has 0 N–H and O–H groups in total. The van der Waals surface area contributed by atoms with Gasteiger partial charge in [0.2, 0.25) is 17.7 Å². The van der Waals surface area contributed by atoms with Crippen LogP contribution in [-0.4, -0.2) is 52.6 Å². The average molecular weight is 302 g/mol. The van der Waals surface area contributed by atoms with E-state index in [1.165, 1.54) is 0 Å². The minimum absolute atomic E-state index is 0.107. The molecule has 0 aliphatic carbocycles. The molecule has 6 heteroatoms. The SMILES string of the molecule is CCN(CC)C(=O)CN(C)Cc1nnc(-c2ccccc2)o1. The summed E-state index contributed by atoms with van der Waals surface area (Å²) in [7, 11) is 1.87. The fourth-order valence-corrected chi connectivity index (χ4v) is 2.21. The van der Waals surface area contributed by atoms with E-state index in [1.54, 1.807) is 4.90 Å². The molecule has 0 radical (unpaired) electrons. The smallest absolute Gasteiger partial charge is 0.247 e. The Hall–Kier alpha value is -2.21. The van der Waals surface area contributed by atoms with Crippen molar-refractivity contribution in [3.05, 3.63) is 36.2 Å². The summed E-state index contributed by atoms with van der Waals surface area (Å²) in [5.74, 6) is 1.11. The van der Waals surface area contributed by atoms with Gasteiger partial charge in [-0.25, -0.2) is 0 Å². The maximum atomic E-state index is 12.1. The number of carbonyl (C=O) groups is 1. The minimum Gasteiger partial charge on any atom is -0.419 e. The van der Waals surface area contributed by atoms with Gasteiger partial charge in [-0.1, -0.05) is 18.2 Å². The summed E-state index contributed by atoms with van der Waals surface area (Å²) in [4.78, 5) is 15.7. The lowest BCUT2D eigenvalue weighted by atomic mass is 10.2. The fraction of sp³-hybridized carbons (Fsp3) is 0.438. The van der Waals surface area contributed by atoms with Gasteiger partial charge in [-0.15, -0.1) is 10.2 Å². The zero-order chi connectivity index (χ0) is 15.9. The van der Waals surface area contributed by atoms with Gasteiger partial charge in [0.1, 0.15) is 0 Å². The third-order valence-corrected chi connectivity index (χ3v) is 3.41. The van der Waals surface area contributed by atoms with Crippen LogP contribution < -0.4 is 0 Å². The van der Waals surface area contributed by atoms with Crippen LogP contribution in [0.1, 0.15) is 19.7 Å². The van der Waals surface area contributed by atoms with E-state index in [-0.39, 0.29) is 5.91 Å². The van der Waals surface area contributed by atoms with Gasteiger partial charge < -0.3 is 9.32 Å². The molecular weight excluding hydrogens is 280 g/mol. The quantitative estimate of drug-likeness (QED) is 0.783. The van der Waals surface area contributed by atoms with Gasteiger partial charge in [-0.3, -0.25) is 9.69 Å². The van der Waals surface area contributed by atoms with Crippen molar-refractivity contribution in [2.45, 2.75) is 20.4 Å².